The predicted molar refractivity (Wildman–Crippen MR) is 62.8 cm³/mol. The minimum Gasteiger partial charge on any atom is -0.481 e. The molecular weight excluding hydrogens is 224 g/mol. The van der Waals surface area contributed by atoms with Gasteiger partial charge in [-0.25, -0.2) is 15.0 Å². The first-order valence-electron chi connectivity index (χ1n) is 4.78. The Morgan fingerprint density at radius 3 is 2.94 bits per heavy atom. The molecule has 2 aromatic heterocycles. The Morgan fingerprint density at radius 2 is 2.25 bits per heavy atom. The van der Waals surface area contributed by atoms with E-state index in [1.54, 1.807) is 24.5 Å². The summed E-state index contributed by atoms with van der Waals surface area (Å²) in [6, 6.07) is 1.76. The van der Waals surface area contributed by atoms with Crippen molar-refractivity contribution >= 4 is 17.2 Å². The van der Waals surface area contributed by atoms with Crippen molar-refractivity contribution in [3.63, 3.8) is 0 Å². The average molecular weight is 236 g/mol. The van der Waals surface area contributed by atoms with Gasteiger partial charge in [0.05, 0.1) is 24.9 Å². The third-order valence-electron chi connectivity index (χ3n) is 2.13. The van der Waals surface area contributed by atoms with Gasteiger partial charge in [-0.15, -0.1) is 11.3 Å². The van der Waals surface area contributed by atoms with E-state index in [4.69, 9.17) is 4.74 Å². The van der Waals surface area contributed by atoms with Crippen molar-refractivity contribution < 1.29 is 4.74 Å². The quantitative estimate of drug-likeness (QED) is 0.878. The molecule has 0 saturated carbocycles. The lowest BCUT2D eigenvalue weighted by molar-refractivity contribution is 0.397. The summed E-state index contributed by atoms with van der Waals surface area (Å²) in [7, 11) is 1.58. The number of hydrogen-bond acceptors (Lipinski definition) is 6. The van der Waals surface area contributed by atoms with Crippen LogP contribution in [-0.2, 0) is 6.54 Å². The number of anilines is 1. The third kappa shape index (κ3) is 2.46. The lowest BCUT2D eigenvalue weighted by Crippen LogP contribution is -2.02. The molecule has 1 N–H and O–H groups in total. The summed E-state index contributed by atoms with van der Waals surface area (Å²) in [4.78, 5) is 13.4. The maximum Gasteiger partial charge on any atom is 0.218 e. The molecule has 2 rings (SSSR count). The Kier molecular flexibility index (Phi) is 3.31. The molecule has 2 heterocycles. The lowest BCUT2D eigenvalue weighted by atomic mass is 10.4. The number of hydrogen-bond donors (Lipinski definition) is 1. The van der Waals surface area contributed by atoms with Crippen LogP contribution in [0.4, 0.5) is 5.82 Å². The van der Waals surface area contributed by atoms with Gasteiger partial charge in [0, 0.05) is 10.9 Å². The molecule has 0 saturated heterocycles. The summed E-state index contributed by atoms with van der Waals surface area (Å²) in [6.07, 6.45) is 1.47. The molecule has 0 fully saturated rings. The van der Waals surface area contributed by atoms with Crippen molar-refractivity contribution in [2.75, 3.05) is 12.4 Å². The molecule has 0 bridgehead atoms. The fraction of sp³-hybridized carbons (Fsp3) is 0.300. The summed E-state index contributed by atoms with van der Waals surface area (Å²) in [6.45, 7) is 2.71. The zero-order valence-electron chi connectivity index (χ0n) is 9.10. The Balaban J connectivity index is 2.02. The highest BCUT2D eigenvalue weighted by atomic mass is 32.1. The molecule has 0 radical (unpaired) electrons. The smallest absolute Gasteiger partial charge is 0.218 e. The normalized spacial score (nSPS) is 10.1. The van der Waals surface area contributed by atoms with Crippen molar-refractivity contribution in [3.05, 3.63) is 28.5 Å². The van der Waals surface area contributed by atoms with E-state index >= 15 is 0 Å². The van der Waals surface area contributed by atoms with Crippen molar-refractivity contribution in [1.29, 1.82) is 0 Å². The molecule has 2 aromatic rings. The number of rotatable bonds is 4. The minimum atomic E-state index is 0.554. The molecule has 0 aliphatic heterocycles. The molecule has 0 aliphatic carbocycles. The molecule has 6 heteroatoms. The Labute approximate surface area is 97.5 Å². The van der Waals surface area contributed by atoms with Gasteiger partial charge in [0.2, 0.25) is 5.88 Å². The highest BCUT2D eigenvalue weighted by Gasteiger charge is 2.02. The minimum absolute atomic E-state index is 0.554. The maximum atomic E-state index is 5.01. The number of aromatic nitrogens is 3. The topological polar surface area (TPSA) is 59.9 Å². The molecule has 0 unspecified atom stereocenters. The standard InChI is InChI=1S/C10H12N4OS/c1-7-8(16-6-14-7)4-11-9-3-10(15-2)13-5-12-9/h3,5-6H,4H2,1-2H3,(H,11,12,13). The predicted octanol–water partition coefficient (Wildman–Crippen LogP) is 1.86. The number of nitrogens with one attached hydrogen (secondary N) is 1. The van der Waals surface area contributed by atoms with Crippen LogP contribution in [0.5, 0.6) is 5.88 Å². The van der Waals surface area contributed by atoms with Crippen LogP contribution in [0.2, 0.25) is 0 Å². The largest absolute Gasteiger partial charge is 0.481 e. The second kappa shape index (κ2) is 4.89. The summed E-state index contributed by atoms with van der Waals surface area (Å²) in [5.41, 5.74) is 2.89. The van der Waals surface area contributed by atoms with E-state index in [0.29, 0.717) is 5.88 Å². The van der Waals surface area contributed by atoms with Crippen molar-refractivity contribution in [2.45, 2.75) is 13.5 Å². The third-order valence-corrected chi connectivity index (χ3v) is 3.06. The van der Waals surface area contributed by atoms with Gasteiger partial charge < -0.3 is 10.1 Å². The van der Waals surface area contributed by atoms with Gasteiger partial charge in [-0.1, -0.05) is 0 Å². The van der Waals surface area contributed by atoms with Crippen LogP contribution in [0.3, 0.4) is 0 Å². The van der Waals surface area contributed by atoms with Crippen LogP contribution < -0.4 is 10.1 Å². The summed E-state index contributed by atoms with van der Waals surface area (Å²) < 4.78 is 5.01. The number of aryl methyl sites for hydroxylation is 1. The van der Waals surface area contributed by atoms with E-state index in [-0.39, 0.29) is 0 Å². The van der Waals surface area contributed by atoms with Crippen LogP contribution >= 0.6 is 11.3 Å². The Morgan fingerprint density at radius 1 is 1.38 bits per heavy atom. The van der Waals surface area contributed by atoms with E-state index in [0.717, 1.165) is 18.1 Å². The van der Waals surface area contributed by atoms with Crippen molar-refractivity contribution in [2.24, 2.45) is 0 Å². The van der Waals surface area contributed by atoms with Gasteiger partial charge >= 0.3 is 0 Å². The fourth-order valence-electron chi connectivity index (χ4n) is 1.21. The number of nitrogens with zero attached hydrogens (tertiary/aromatic N) is 3. The van der Waals surface area contributed by atoms with Crippen LogP contribution in [0, 0.1) is 6.92 Å². The first-order chi connectivity index (χ1) is 7.79. The van der Waals surface area contributed by atoms with E-state index in [9.17, 15) is 0 Å². The average Bonchev–Trinajstić information content (AvgIpc) is 2.72. The van der Waals surface area contributed by atoms with E-state index < -0.39 is 0 Å². The summed E-state index contributed by atoms with van der Waals surface area (Å²) in [5.74, 6) is 1.30. The molecule has 5 nitrogen and oxygen atoms in total. The van der Waals surface area contributed by atoms with Crippen LogP contribution in [0.15, 0.2) is 17.9 Å². The Hall–Kier alpha value is -1.69. The zero-order valence-corrected chi connectivity index (χ0v) is 9.91. The van der Waals surface area contributed by atoms with Gasteiger partial charge in [-0.3, -0.25) is 0 Å². The van der Waals surface area contributed by atoms with Gasteiger partial charge in [-0.05, 0) is 6.92 Å². The number of thiazole rings is 1. The van der Waals surface area contributed by atoms with Gasteiger partial charge in [0.15, 0.2) is 0 Å². The van der Waals surface area contributed by atoms with Gasteiger partial charge in [0.1, 0.15) is 12.1 Å². The molecule has 0 spiro atoms. The van der Waals surface area contributed by atoms with Gasteiger partial charge in [0.25, 0.3) is 0 Å². The molecule has 0 atom stereocenters. The van der Waals surface area contributed by atoms with E-state index in [1.165, 1.54) is 11.2 Å². The summed E-state index contributed by atoms with van der Waals surface area (Å²) in [5, 5.41) is 3.20. The fourth-order valence-corrected chi connectivity index (χ4v) is 1.93. The monoisotopic (exact) mass is 236 g/mol. The van der Waals surface area contributed by atoms with Crippen LogP contribution in [0.1, 0.15) is 10.6 Å². The van der Waals surface area contributed by atoms with E-state index in [2.05, 4.69) is 20.3 Å². The zero-order chi connectivity index (χ0) is 11.4. The molecule has 0 amide bonds. The van der Waals surface area contributed by atoms with Crippen LogP contribution in [-0.4, -0.2) is 22.1 Å². The molecular formula is C10H12N4OS. The molecule has 0 aromatic carbocycles. The lowest BCUT2D eigenvalue weighted by Gasteiger charge is -2.05. The highest BCUT2D eigenvalue weighted by Crippen LogP contribution is 2.15. The molecule has 16 heavy (non-hydrogen) atoms. The SMILES string of the molecule is COc1cc(NCc2scnc2C)ncn1. The van der Waals surface area contributed by atoms with Crippen molar-refractivity contribution in [1.82, 2.24) is 15.0 Å². The van der Waals surface area contributed by atoms with Gasteiger partial charge in [-0.2, -0.15) is 0 Å². The Bertz CT molecular complexity index is 471. The second-order valence-electron chi connectivity index (χ2n) is 3.16. The number of ether oxygens (including phenoxy) is 1. The highest BCUT2D eigenvalue weighted by molar-refractivity contribution is 7.09. The summed E-state index contributed by atoms with van der Waals surface area (Å²) >= 11 is 1.63. The maximum absolute atomic E-state index is 5.01. The molecule has 0 aliphatic rings. The van der Waals surface area contributed by atoms with E-state index in [1.807, 2.05) is 12.4 Å². The van der Waals surface area contributed by atoms with Crippen LogP contribution in [0.25, 0.3) is 0 Å². The molecule has 84 valence electrons. The first kappa shape index (κ1) is 10.8. The van der Waals surface area contributed by atoms with Crippen molar-refractivity contribution in [3.8, 4) is 5.88 Å². The second-order valence-corrected chi connectivity index (χ2v) is 4.10. The number of methoxy groups -OCH3 is 1. The first-order valence-corrected chi connectivity index (χ1v) is 5.66.